The minimum absolute atomic E-state index is 0.292. The smallest absolute Gasteiger partial charge is 0.332 e. The molecule has 0 aromatic carbocycles. The first-order valence-corrected chi connectivity index (χ1v) is 9.56. The molecule has 0 amide bonds. The molecule has 0 radical (unpaired) electrons. The molecule has 4 heteroatoms. The molecule has 0 spiro atoms. The third-order valence-electron chi connectivity index (χ3n) is 2.76. The van der Waals surface area contributed by atoms with Crippen LogP contribution in [0.3, 0.4) is 0 Å². The summed E-state index contributed by atoms with van der Waals surface area (Å²) in [5.41, 5.74) is 1.10. The Morgan fingerprint density at radius 3 is 2.78 bits per heavy atom. The summed E-state index contributed by atoms with van der Waals surface area (Å²) < 4.78 is 12.0. The zero-order chi connectivity index (χ0) is 13.4. The van der Waals surface area contributed by atoms with Crippen molar-refractivity contribution in [3.63, 3.8) is 0 Å². The molecule has 0 aliphatic heterocycles. The highest BCUT2D eigenvalue weighted by atomic mass is 28.4. The van der Waals surface area contributed by atoms with E-state index < -0.39 is 8.56 Å². The molecule has 1 heterocycles. The number of aromatic nitrogens is 1. The van der Waals surface area contributed by atoms with Crippen molar-refractivity contribution >= 4 is 8.56 Å². The third-order valence-corrected chi connectivity index (χ3v) is 4.57. The summed E-state index contributed by atoms with van der Waals surface area (Å²) in [6, 6.07) is 3.95. The fourth-order valence-electron chi connectivity index (χ4n) is 1.81. The van der Waals surface area contributed by atoms with E-state index in [1.54, 1.807) is 6.20 Å². The Morgan fingerprint density at radius 1 is 1.39 bits per heavy atom. The second-order valence-corrected chi connectivity index (χ2v) is 8.44. The lowest BCUT2D eigenvalue weighted by atomic mass is 10.2. The topological polar surface area (TPSA) is 31.4 Å². The van der Waals surface area contributed by atoms with E-state index in [2.05, 4.69) is 31.9 Å². The lowest BCUT2D eigenvalue weighted by Gasteiger charge is -2.27. The standard InChI is InChI=1S/C14H25NO2Si/c1-5-6-8-13(2)17-18(3,4)16-12-14-9-7-10-15-11-14/h7,9-11,13H,5-6,8,12H2,1-4H3. The van der Waals surface area contributed by atoms with Gasteiger partial charge in [-0.2, -0.15) is 0 Å². The van der Waals surface area contributed by atoms with Gasteiger partial charge in [-0.1, -0.05) is 25.8 Å². The Bertz CT molecular complexity index is 330. The van der Waals surface area contributed by atoms with Gasteiger partial charge >= 0.3 is 8.56 Å². The first kappa shape index (κ1) is 15.3. The van der Waals surface area contributed by atoms with Crippen LogP contribution in [0.1, 0.15) is 38.7 Å². The summed E-state index contributed by atoms with van der Waals surface area (Å²) in [5, 5.41) is 0. The first-order valence-electron chi connectivity index (χ1n) is 6.74. The largest absolute Gasteiger partial charge is 0.392 e. The summed E-state index contributed by atoms with van der Waals surface area (Å²) in [5.74, 6) is 0. The molecule has 18 heavy (non-hydrogen) atoms. The van der Waals surface area contributed by atoms with Crippen molar-refractivity contribution in [1.29, 1.82) is 0 Å². The van der Waals surface area contributed by atoms with Crippen LogP contribution >= 0.6 is 0 Å². The average molecular weight is 267 g/mol. The number of hydrogen-bond acceptors (Lipinski definition) is 3. The molecule has 0 saturated carbocycles. The van der Waals surface area contributed by atoms with Crippen molar-refractivity contribution in [3.05, 3.63) is 30.1 Å². The Hall–Kier alpha value is -0.713. The van der Waals surface area contributed by atoms with Crippen molar-refractivity contribution in [2.45, 2.75) is 58.9 Å². The molecule has 0 bridgehead atoms. The highest BCUT2D eigenvalue weighted by molar-refractivity contribution is 6.64. The summed E-state index contributed by atoms with van der Waals surface area (Å²) in [4.78, 5) is 4.08. The molecule has 102 valence electrons. The summed E-state index contributed by atoms with van der Waals surface area (Å²) in [7, 11) is -2.03. The fraction of sp³-hybridized carbons (Fsp3) is 0.643. The van der Waals surface area contributed by atoms with E-state index in [-0.39, 0.29) is 0 Å². The van der Waals surface area contributed by atoms with Crippen molar-refractivity contribution in [3.8, 4) is 0 Å². The molecule has 3 nitrogen and oxygen atoms in total. The molecule has 1 atom stereocenters. The average Bonchev–Trinajstić information content (AvgIpc) is 2.35. The molecule has 0 N–H and O–H groups in total. The predicted molar refractivity (Wildman–Crippen MR) is 76.6 cm³/mol. The van der Waals surface area contributed by atoms with Crippen LogP contribution in [0, 0.1) is 0 Å². The highest BCUT2D eigenvalue weighted by Crippen LogP contribution is 2.15. The monoisotopic (exact) mass is 267 g/mol. The van der Waals surface area contributed by atoms with Gasteiger partial charge in [0, 0.05) is 18.5 Å². The quantitative estimate of drug-likeness (QED) is 0.669. The SMILES string of the molecule is CCCCC(C)O[Si](C)(C)OCc1cccnc1. The molecule has 1 aromatic heterocycles. The Kier molecular flexibility index (Phi) is 6.53. The van der Waals surface area contributed by atoms with E-state index in [0.717, 1.165) is 12.0 Å². The second-order valence-electron chi connectivity index (χ2n) is 5.12. The Morgan fingerprint density at radius 2 is 2.17 bits per heavy atom. The van der Waals surface area contributed by atoms with Crippen molar-refractivity contribution in [1.82, 2.24) is 4.98 Å². The second kappa shape index (κ2) is 7.66. The maximum atomic E-state index is 6.06. The fourth-order valence-corrected chi connectivity index (χ4v) is 3.48. The molecule has 1 aromatic rings. The van der Waals surface area contributed by atoms with Crippen LogP contribution in [0.5, 0.6) is 0 Å². The van der Waals surface area contributed by atoms with E-state index in [1.165, 1.54) is 12.8 Å². The zero-order valence-corrected chi connectivity index (χ0v) is 13.0. The Labute approximate surface area is 112 Å². The van der Waals surface area contributed by atoms with Crippen LogP contribution in [-0.2, 0) is 15.5 Å². The number of unbranched alkanes of at least 4 members (excludes halogenated alkanes) is 1. The van der Waals surface area contributed by atoms with Gasteiger partial charge in [-0.15, -0.1) is 0 Å². The normalized spacial score (nSPS) is 13.6. The van der Waals surface area contributed by atoms with E-state index in [9.17, 15) is 0 Å². The summed E-state index contributed by atoms with van der Waals surface area (Å²) in [6.45, 7) is 9.14. The zero-order valence-electron chi connectivity index (χ0n) is 12.0. The van der Waals surface area contributed by atoms with Gasteiger partial charge in [0.25, 0.3) is 0 Å². The van der Waals surface area contributed by atoms with Crippen LogP contribution in [0.25, 0.3) is 0 Å². The molecule has 0 aliphatic carbocycles. The molecule has 0 saturated heterocycles. The van der Waals surface area contributed by atoms with E-state index in [0.29, 0.717) is 12.7 Å². The number of rotatable bonds is 8. The maximum Gasteiger partial charge on any atom is 0.332 e. The van der Waals surface area contributed by atoms with Crippen molar-refractivity contribution < 1.29 is 8.85 Å². The lowest BCUT2D eigenvalue weighted by Crippen LogP contribution is -2.38. The minimum Gasteiger partial charge on any atom is -0.392 e. The van der Waals surface area contributed by atoms with Gasteiger partial charge < -0.3 is 8.85 Å². The van der Waals surface area contributed by atoms with Crippen molar-refractivity contribution in [2.24, 2.45) is 0 Å². The van der Waals surface area contributed by atoms with Gasteiger partial charge in [0.2, 0.25) is 0 Å². The van der Waals surface area contributed by atoms with Gasteiger partial charge in [0.05, 0.1) is 6.61 Å². The van der Waals surface area contributed by atoms with Crippen LogP contribution in [0.2, 0.25) is 13.1 Å². The summed E-state index contributed by atoms with van der Waals surface area (Å²) >= 11 is 0. The van der Waals surface area contributed by atoms with Crippen LogP contribution in [0.15, 0.2) is 24.5 Å². The number of nitrogens with zero attached hydrogens (tertiary/aromatic N) is 1. The van der Waals surface area contributed by atoms with Crippen LogP contribution in [0.4, 0.5) is 0 Å². The van der Waals surface area contributed by atoms with Crippen LogP contribution in [-0.4, -0.2) is 19.6 Å². The Balaban J connectivity index is 2.35. The minimum atomic E-state index is -2.03. The number of pyridine rings is 1. The molecule has 0 aliphatic rings. The molecule has 0 fully saturated rings. The molecular formula is C14H25NO2Si. The number of hydrogen-bond donors (Lipinski definition) is 0. The van der Waals surface area contributed by atoms with Crippen LogP contribution < -0.4 is 0 Å². The van der Waals surface area contributed by atoms with E-state index in [1.807, 2.05) is 18.3 Å². The summed E-state index contributed by atoms with van der Waals surface area (Å²) in [6.07, 6.45) is 7.45. The van der Waals surface area contributed by atoms with E-state index >= 15 is 0 Å². The molecule has 1 unspecified atom stereocenters. The third kappa shape index (κ3) is 6.28. The maximum absolute atomic E-state index is 6.06. The first-order chi connectivity index (χ1) is 8.53. The predicted octanol–water partition coefficient (Wildman–Crippen LogP) is 3.90. The van der Waals surface area contributed by atoms with Crippen molar-refractivity contribution in [2.75, 3.05) is 0 Å². The molecule has 1 rings (SSSR count). The van der Waals surface area contributed by atoms with Gasteiger partial charge in [-0.05, 0) is 38.1 Å². The van der Waals surface area contributed by atoms with E-state index in [4.69, 9.17) is 8.85 Å². The van der Waals surface area contributed by atoms with Gasteiger partial charge in [0.1, 0.15) is 0 Å². The molecular weight excluding hydrogens is 242 g/mol. The lowest BCUT2D eigenvalue weighted by molar-refractivity contribution is 0.119. The van der Waals surface area contributed by atoms with Gasteiger partial charge in [0.15, 0.2) is 0 Å². The van der Waals surface area contributed by atoms with Gasteiger partial charge in [-0.3, -0.25) is 4.98 Å². The van der Waals surface area contributed by atoms with Gasteiger partial charge in [-0.25, -0.2) is 0 Å². The highest BCUT2D eigenvalue weighted by Gasteiger charge is 2.27.